The fourth-order valence-electron chi connectivity index (χ4n) is 1.11. The minimum Gasteiger partial charge on any atom is -0.464 e. The third-order valence-electron chi connectivity index (χ3n) is 1.98. The Morgan fingerprint density at radius 1 is 1.73 bits per heavy atom. The minimum absolute atomic E-state index is 0. The number of hydrogen-bond donors (Lipinski definition) is 1. The number of thiol groups is 1. The average Bonchev–Trinajstić information content (AvgIpc) is 2.69. The van der Waals surface area contributed by atoms with Crippen LogP contribution in [-0.4, -0.2) is 42.3 Å². The summed E-state index contributed by atoms with van der Waals surface area (Å²) in [6.45, 7) is 4.02. The van der Waals surface area contributed by atoms with Gasteiger partial charge in [-0.05, 0) is 6.42 Å². The van der Waals surface area contributed by atoms with Crippen LogP contribution >= 0.6 is 29.6 Å². The van der Waals surface area contributed by atoms with Crippen molar-refractivity contribution in [2.45, 2.75) is 25.1 Å². The van der Waals surface area contributed by atoms with Crippen LogP contribution in [0.25, 0.3) is 0 Å². The first kappa shape index (κ1) is 14.8. The fraction of sp³-hybridized carbons (Fsp3) is 0.778. The van der Waals surface area contributed by atoms with E-state index in [1.807, 2.05) is 0 Å². The average molecular weight is 297 g/mol. The van der Waals surface area contributed by atoms with Gasteiger partial charge in [-0.3, -0.25) is 4.99 Å². The summed E-state index contributed by atoms with van der Waals surface area (Å²) in [5, 5.41) is -0.502. The van der Waals surface area contributed by atoms with Crippen molar-refractivity contribution in [1.29, 1.82) is 0 Å². The SMILES string of the molecule is Br.CCCCOC(=O)C(S)N1C=NCC1. The molecule has 1 aliphatic rings. The Labute approximate surface area is 106 Å². The molecule has 0 fully saturated rings. The van der Waals surface area contributed by atoms with Crippen LogP contribution in [0.2, 0.25) is 0 Å². The molecular weight excluding hydrogens is 280 g/mol. The van der Waals surface area contributed by atoms with Crippen molar-refractivity contribution in [3.8, 4) is 0 Å². The number of ether oxygens (including phenoxy) is 1. The lowest BCUT2D eigenvalue weighted by Crippen LogP contribution is -2.36. The molecule has 0 aliphatic carbocycles. The van der Waals surface area contributed by atoms with Gasteiger partial charge in [-0.25, -0.2) is 4.79 Å². The molecule has 0 bridgehead atoms. The summed E-state index contributed by atoms with van der Waals surface area (Å²) in [5.74, 6) is -0.282. The molecule has 0 aromatic rings. The van der Waals surface area contributed by atoms with Gasteiger partial charge in [0, 0.05) is 6.54 Å². The summed E-state index contributed by atoms with van der Waals surface area (Å²) < 4.78 is 5.04. The van der Waals surface area contributed by atoms with Gasteiger partial charge in [0.05, 0.1) is 19.5 Å². The number of carbonyl (C=O) groups excluding carboxylic acids is 1. The summed E-state index contributed by atoms with van der Waals surface area (Å²) >= 11 is 4.18. The zero-order valence-corrected chi connectivity index (χ0v) is 11.4. The first-order chi connectivity index (χ1) is 6.75. The largest absolute Gasteiger partial charge is 0.464 e. The number of aliphatic imine (C=N–C) groups is 1. The zero-order valence-electron chi connectivity index (χ0n) is 8.76. The Morgan fingerprint density at radius 2 is 2.47 bits per heavy atom. The highest BCUT2D eigenvalue weighted by molar-refractivity contribution is 8.93. The van der Waals surface area contributed by atoms with Gasteiger partial charge in [0.1, 0.15) is 0 Å². The highest BCUT2D eigenvalue weighted by Gasteiger charge is 2.22. The monoisotopic (exact) mass is 296 g/mol. The molecule has 0 spiro atoms. The Hall–Kier alpha value is -0.230. The predicted octanol–water partition coefficient (Wildman–Crippen LogP) is 1.51. The van der Waals surface area contributed by atoms with Gasteiger partial charge in [0.2, 0.25) is 0 Å². The van der Waals surface area contributed by atoms with Crippen LogP contribution in [-0.2, 0) is 9.53 Å². The molecule has 1 rings (SSSR count). The number of unbranched alkanes of at least 4 members (excludes halogenated alkanes) is 1. The van der Waals surface area contributed by atoms with E-state index >= 15 is 0 Å². The Morgan fingerprint density at radius 3 is 3.00 bits per heavy atom. The molecule has 0 amide bonds. The van der Waals surface area contributed by atoms with Crippen molar-refractivity contribution in [2.75, 3.05) is 19.7 Å². The lowest BCUT2D eigenvalue weighted by Gasteiger charge is -2.20. The molecule has 1 heterocycles. The number of nitrogens with zero attached hydrogens (tertiary/aromatic N) is 2. The summed E-state index contributed by atoms with van der Waals surface area (Å²) in [7, 11) is 0. The summed E-state index contributed by atoms with van der Waals surface area (Å²) in [5.41, 5.74) is 0. The van der Waals surface area contributed by atoms with E-state index in [0.717, 1.165) is 25.9 Å². The topological polar surface area (TPSA) is 41.9 Å². The van der Waals surface area contributed by atoms with Crippen molar-refractivity contribution >= 4 is 41.9 Å². The van der Waals surface area contributed by atoms with Crippen LogP contribution in [0.1, 0.15) is 19.8 Å². The van der Waals surface area contributed by atoms with E-state index in [1.54, 1.807) is 11.2 Å². The molecule has 0 aromatic carbocycles. The maximum atomic E-state index is 11.4. The summed E-state index contributed by atoms with van der Waals surface area (Å²) in [4.78, 5) is 17.2. The highest BCUT2D eigenvalue weighted by Crippen LogP contribution is 2.08. The molecule has 0 saturated heterocycles. The fourth-order valence-corrected chi connectivity index (χ4v) is 1.36. The lowest BCUT2D eigenvalue weighted by atomic mass is 10.4. The first-order valence-corrected chi connectivity index (χ1v) is 5.37. The molecule has 6 heteroatoms. The number of hydrogen-bond acceptors (Lipinski definition) is 5. The predicted molar refractivity (Wildman–Crippen MR) is 69.0 cm³/mol. The Balaban J connectivity index is 0.00000196. The maximum absolute atomic E-state index is 11.4. The van der Waals surface area contributed by atoms with E-state index in [4.69, 9.17) is 4.74 Å². The highest BCUT2D eigenvalue weighted by atomic mass is 79.9. The first-order valence-electron chi connectivity index (χ1n) is 4.86. The van der Waals surface area contributed by atoms with E-state index in [-0.39, 0.29) is 23.0 Å². The smallest absolute Gasteiger partial charge is 0.339 e. The number of esters is 1. The summed E-state index contributed by atoms with van der Waals surface area (Å²) in [6.07, 6.45) is 3.58. The van der Waals surface area contributed by atoms with Gasteiger partial charge in [0.15, 0.2) is 5.37 Å². The van der Waals surface area contributed by atoms with Crippen molar-refractivity contribution in [3.63, 3.8) is 0 Å². The van der Waals surface area contributed by atoms with Gasteiger partial charge < -0.3 is 9.64 Å². The van der Waals surface area contributed by atoms with Crippen LogP contribution in [0, 0.1) is 0 Å². The van der Waals surface area contributed by atoms with Crippen LogP contribution in [0.3, 0.4) is 0 Å². The van der Waals surface area contributed by atoms with Crippen molar-refractivity contribution in [1.82, 2.24) is 4.90 Å². The lowest BCUT2D eigenvalue weighted by molar-refractivity contribution is -0.145. The second-order valence-corrected chi connectivity index (χ2v) is 3.64. The molecule has 88 valence electrons. The van der Waals surface area contributed by atoms with E-state index in [0.29, 0.717) is 6.61 Å². The number of carbonyl (C=O) groups is 1. The third-order valence-corrected chi connectivity index (χ3v) is 2.49. The summed E-state index contributed by atoms with van der Waals surface area (Å²) in [6, 6.07) is 0. The second-order valence-electron chi connectivity index (χ2n) is 3.15. The van der Waals surface area contributed by atoms with Gasteiger partial charge in [0.25, 0.3) is 0 Å². The van der Waals surface area contributed by atoms with E-state index in [9.17, 15) is 4.79 Å². The van der Waals surface area contributed by atoms with E-state index < -0.39 is 5.37 Å². The number of halogens is 1. The molecule has 1 unspecified atom stereocenters. The third kappa shape index (κ3) is 4.88. The number of rotatable bonds is 5. The van der Waals surface area contributed by atoms with Gasteiger partial charge in [-0.2, -0.15) is 0 Å². The molecule has 0 saturated carbocycles. The standard InChI is InChI=1S/C9H16N2O2S.BrH/c1-2-3-6-13-9(12)8(14)11-5-4-10-7-11;/h7-8,14H,2-6H2,1H3;1H. The molecule has 0 N–H and O–H groups in total. The molecule has 1 aliphatic heterocycles. The minimum atomic E-state index is -0.502. The Bertz CT molecular complexity index is 226. The second kappa shape index (κ2) is 7.98. The van der Waals surface area contributed by atoms with Crippen molar-refractivity contribution in [3.05, 3.63) is 0 Å². The van der Waals surface area contributed by atoms with Gasteiger partial charge >= 0.3 is 5.97 Å². The van der Waals surface area contributed by atoms with Gasteiger partial charge in [-0.1, -0.05) is 13.3 Å². The molecule has 0 radical (unpaired) electrons. The van der Waals surface area contributed by atoms with Crippen molar-refractivity contribution in [2.24, 2.45) is 4.99 Å². The van der Waals surface area contributed by atoms with Crippen LogP contribution in [0.4, 0.5) is 0 Å². The maximum Gasteiger partial charge on any atom is 0.339 e. The van der Waals surface area contributed by atoms with Crippen LogP contribution < -0.4 is 0 Å². The normalized spacial score (nSPS) is 16.0. The molecule has 4 nitrogen and oxygen atoms in total. The van der Waals surface area contributed by atoms with E-state index in [2.05, 4.69) is 24.5 Å². The molecule has 0 aromatic heterocycles. The molecule has 15 heavy (non-hydrogen) atoms. The van der Waals surface area contributed by atoms with Crippen molar-refractivity contribution < 1.29 is 9.53 Å². The van der Waals surface area contributed by atoms with E-state index in [1.165, 1.54) is 0 Å². The van der Waals surface area contributed by atoms with Crippen LogP contribution in [0.5, 0.6) is 0 Å². The molecular formula is C9H17BrN2O2S. The Kier molecular flexibility index (Phi) is 7.86. The quantitative estimate of drug-likeness (QED) is 0.475. The zero-order chi connectivity index (χ0) is 10.4. The van der Waals surface area contributed by atoms with Crippen LogP contribution in [0.15, 0.2) is 4.99 Å². The molecule has 1 atom stereocenters. The van der Waals surface area contributed by atoms with Gasteiger partial charge in [-0.15, -0.1) is 29.6 Å².